The molecule has 2 unspecified atom stereocenters. The third kappa shape index (κ3) is 4.59. The molecule has 6 nitrogen and oxygen atoms in total. The van der Waals surface area contributed by atoms with Gasteiger partial charge in [0.05, 0.1) is 5.92 Å². The molecule has 2 amide bonds. The highest BCUT2D eigenvalue weighted by Gasteiger charge is 2.32. The van der Waals surface area contributed by atoms with Gasteiger partial charge in [0.25, 0.3) is 0 Å². The maximum Gasteiger partial charge on any atom is 0.315 e. The van der Waals surface area contributed by atoms with Gasteiger partial charge in [0.1, 0.15) is 0 Å². The molecule has 0 aromatic heterocycles. The number of nitrogens with one attached hydrogen (secondary N) is 2. The molecule has 6 heteroatoms. The van der Waals surface area contributed by atoms with Gasteiger partial charge < -0.3 is 20.5 Å². The molecule has 1 saturated heterocycles. The molecule has 0 spiro atoms. The number of ether oxygens (including phenoxy) is 1. The first-order valence-corrected chi connectivity index (χ1v) is 7.85. The van der Waals surface area contributed by atoms with Crippen molar-refractivity contribution in [2.24, 2.45) is 11.3 Å². The standard InChI is InChI=1S/C15H26N2O4/c1-15(6-8-21-9-7-15)10-16-14(20)17-12-5-3-2-4-11(12)13(18)19/h11-12H,2-10H2,1H3,(H,18,19)(H2,16,17,20). The first-order valence-electron chi connectivity index (χ1n) is 7.85. The fourth-order valence-corrected chi connectivity index (χ4v) is 3.15. The predicted molar refractivity (Wildman–Crippen MR) is 78.1 cm³/mol. The number of carbonyl (C=O) groups excluding carboxylic acids is 1. The molecule has 0 radical (unpaired) electrons. The van der Waals surface area contributed by atoms with Crippen molar-refractivity contribution >= 4 is 12.0 Å². The minimum absolute atomic E-state index is 0.0777. The molecule has 120 valence electrons. The van der Waals surface area contributed by atoms with E-state index in [1.807, 2.05) is 0 Å². The summed E-state index contributed by atoms with van der Waals surface area (Å²) in [6, 6.07) is -0.500. The Kier molecular flexibility index (Phi) is 5.45. The molecule has 1 aliphatic heterocycles. The number of urea groups is 1. The van der Waals surface area contributed by atoms with Gasteiger partial charge in [-0.05, 0) is 31.1 Å². The molecule has 1 heterocycles. The first-order chi connectivity index (χ1) is 10.0. The topological polar surface area (TPSA) is 87.7 Å². The average molecular weight is 298 g/mol. The van der Waals surface area contributed by atoms with Crippen LogP contribution in [0, 0.1) is 11.3 Å². The number of hydrogen-bond acceptors (Lipinski definition) is 3. The zero-order valence-electron chi connectivity index (χ0n) is 12.7. The fraction of sp³-hybridized carbons (Fsp3) is 0.867. The fourth-order valence-electron chi connectivity index (χ4n) is 3.15. The van der Waals surface area contributed by atoms with E-state index in [4.69, 9.17) is 4.74 Å². The zero-order valence-corrected chi connectivity index (χ0v) is 12.7. The van der Waals surface area contributed by atoms with Gasteiger partial charge in [0, 0.05) is 25.8 Å². The van der Waals surface area contributed by atoms with Gasteiger partial charge in [0.15, 0.2) is 0 Å². The van der Waals surface area contributed by atoms with Gasteiger partial charge in [-0.15, -0.1) is 0 Å². The van der Waals surface area contributed by atoms with Crippen LogP contribution in [0.25, 0.3) is 0 Å². The summed E-state index contributed by atoms with van der Waals surface area (Å²) in [4.78, 5) is 23.2. The van der Waals surface area contributed by atoms with Gasteiger partial charge in [-0.2, -0.15) is 0 Å². The van der Waals surface area contributed by atoms with Crippen LogP contribution in [-0.4, -0.2) is 42.9 Å². The maximum absolute atomic E-state index is 12.0. The molecule has 0 bridgehead atoms. The molecular formula is C15H26N2O4. The van der Waals surface area contributed by atoms with Crippen molar-refractivity contribution in [1.82, 2.24) is 10.6 Å². The Bertz CT molecular complexity index is 380. The number of carboxylic acid groups (broad SMARTS) is 1. The molecule has 1 aliphatic carbocycles. The normalized spacial score (nSPS) is 28.6. The van der Waals surface area contributed by atoms with E-state index in [1.54, 1.807) is 0 Å². The number of amides is 2. The Morgan fingerprint density at radius 1 is 1.24 bits per heavy atom. The summed E-state index contributed by atoms with van der Waals surface area (Å²) < 4.78 is 5.34. The average Bonchev–Trinajstić information content (AvgIpc) is 2.46. The van der Waals surface area contributed by atoms with Crippen LogP contribution in [-0.2, 0) is 9.53 Å². The van der Waals surface area contributed by atoms with Gasteiger partial charge in [-0.25, -0.2) is 4.79 Å². The highest BCUT2D eigenvalue weighted by Crippen LogP contribution is 2.28. The summed E-state index contributed by atoms with van der Waals surface area (Å²) in [7, 11) is 0. The van der Waals surface area contributed by atoms with Crippen LogP contribution < -0.4 is 10.6 Å². The molecule has 3 N–H and O–H groups in total. The number of carboxylic acids is 1. The Morgan fingerprint density at radius 3 is 2.57 bits per heavy atom. The van der Waals surface area contributed by atoms with Crippen molar-refractivity contribution in [1.29, 1.82) is 0 Å². The van der Waals surface area contributed by atoms with E-state index >= 15 is 0 Å². The number of carbonyl (C=O) groups is 2. The van der Waals surface area contributed by atoms with Crippen LogP contribution >= 0.6 is 0 Å². The first kappa shape index (κ1) is 16.1. The highest BCUT2D eigenvalue weighted by molar-refractivity contribution is 5.76. The lowest BCUT2D eigenvalue weighted by molar-refractivity contribution is -0.143. The van der Waals surface area contributed by atoms with E-state index in [2.05, 4.69) is 17.6 Å². The second-order valence-electron chi connectivity index (χ2n) is 6.59. The Labute approximate surface area is 125 Å². The maximum atomic E-state index is 12.0. The van der Waals surface area contributed by atoms with Crippen LogP contribution in [0.1, 0.15) is 45.4 Å². The monoisotopic (exact) mass is 298 g/mol. The number of aliphatic carboxylic acids is 1. The van der Waals surface area contributed by atoms with Gasteiger partial charge in [0.2, 0.25) is 0 Å². The number of hydrogen-bond donors (Lipinski definition) is 3. The summed E-state index contributed by atoms with van der Waals surface area (Å²) in [6.07, 6.45) is 5.17. The highest BCUT2D eigenvalue weighted by atomic mass is 16.5. The van der Waals surface area contributed by atoms with Crippen LogP contribution in [0.5, 0.6) is 0 Å². The lowest BCUT2D eigenvalue weighted by Gasteiger charge is -2.34. The lowest BCUT2D eigenvalue weighted by Crippen LogP contribution is -2.50. The molecule has 2 atom stereocenters. The van der Waals surface area contributed by atoms with Gasteiger partial charge in [-0.3, -0.25) is 4.79 Å². The van der Waals surface area contributed by atoms with E-state index in [1.165, 1.54) is 0 Å². The van der Waals surface area contributed by atoms with E-state index in [-0.39, 0.29) is 17.5 Å². The Morgan fingerprint density at radius 2 is 1.90 bits per heavy atom. The van der Waals surface area contributed by atoms with Crippen molar-refractivity contribution in [2.45, 2.75) is 51.5 Å². The third-order valence-corrected chi connectivity index (χ3v) is 4.78. The van der Waals surface area contributed by atoms with Crippen molar-refractivity contribution in [2.75, 3.05) is 19.8 Å². The summed E-state index contributed by atoms with van der Waals surface area (Å²) in [6.45, 7) is 4.23. The molecule has 2 rings (SSSR count). The molecule has 2 aliphatic rings. The van der Waals surface area contributed by atoms with E-state index < -0.39 is 11.9 Å². The smallest absolute Gasteiger partial charge is 0.315 e. The third-order valence-electron chi connectivity index (χ3n) is 4.78. The summed E-state index contributed by atoms with van der Waals surface area (Å²) >= 11 is 0. The molecule has 0 aromatic carbocycles. The summed E-state index contributed by atoms with van der Waals surface area (Å²) in [5.74, 6) is -1.26. The number of rotatable bonds is 4. The van der Waals surface area contributed by atoms with E-state index in [9.17, 15) is 14.7 Å². The minimum atomic E-state index is -0.809. The zero-order chi connectivity index (χ0) is 15.3. The summed E-state index contributed by atoms with van der Waals surface area (Å²) in [5, 5.41) is 15.0. The van der Waals surface area contributed by atoms with Crippen LogP contribution in [0.2, 0.25) is 0 Å². The van der Waals surface area contributed by atoms with Crippen LogP contribution in [0.15, 0.2) is 0 Å². The largest absolute Gasteiger partial charge is 0.481 e. The predicted octanol–water partition coefficient (Wildman–Crippen LogP) is 1.75. The van der Waals surface area contributed by atoms with E-state index in [0.717, 1.165) is 45.3 Å². The van der Waals surface area contributed by atoms with Gasteiger partial charge in [-0.1, -0.05) is 19.8 Å². The van der Waals surface area contributed by atoms with Crippen molar-refractivity contribution in [3.05, 3.63) is 0 Å². The molecule has 1 saturated carbocycles. The molecule has 21 heavy (non-hydrogen) atoms. The Hall–Kier alpha value is -1.30. The van der Waals surface area contributed by atoms with Crippen molar-refractivity contribution < 1.29 is 19.4 Å². The van der Waals surface area contributed by atoms with Crippen molar-refractivity contribution in [3.63, 3.8) is 0 Å². The second-order valence-corrected chi connectivity index (χ2v) is 6.59. The van der Waals surface area contributed by atoms with E-state index in [0.29, 0.717) is 13.0 Å². The second kappa shape index (κ2) is 7.11. The van der Waals surface area contributed by atoms with Crippen LogP contribution in [0.3, 0.4) is 0 Å². The summed E-state index contributed by atoms with van der Waals surface area (Å²) in [5.41, 5.74) is 0.0777. The Balaban J connectivity index is 1.79. The quantitative estimate of drug-likeness (QED) is 0.738. The van der Waals surface area contributed by atoms with Gasteiger partial charge >= 0.3 is 12.0 Å². The molecule has 0 aromatic rings. The lowest BCUT2D eigenvalue weighted by atomic mass is 9.82. The van der Waals surface area contributed by atoms with Crippen molar-refractivity contribution in [3.8, 4) is 0 Å². The van der Waals surface area contributed by atoms with Crippen LogP contribution in [0.4, 0.5) is 4.79 Å². The molecule has 2 fully saturated rings. The minimum Gasteiger partial charge on any atom is -0.481 e. The SMILES string of the molecule is CC1(CNC(=O)NC2CCCCC2C(=O)O)CCOCC1. The molecular weight excluding hydrogens is 272 g/mol.